The number of rotatable bonds is 9. The fourth-order valence-electron chi connectivity index (χ4n) is 1.60. The first kappa shape index (κ1) is 19.7. The van der Waals surface area contributed by atoms with Gasteiger partial charge in [0.05, 0.1) is 30.1 Å². The summed E-state index contributed by atoms with van der Waals surface area (Å²) in [5.74, 6) is 1.54. The Kier molecular flexibility index (Phi) is 8.95. The Hall–Kier alpha value is -1.35. The molecule has 0 unspecified atom stereocenters. The minimum atomic E-state index is -0.859. The average Bonchev–Trinajstić information content (AvgIpc) is 2.41. The molecular formula is C16H26O5. The van der Waals surface area contributed by atoms with Crippen molar-refractivity contribution in [3.8, 4) is 12.3 Å². The third-order valence-electron chi connectivity index (χ3n) is 2.87. The van der Waals surface area contributed by atoms with Crippen LogP contribution in [0.25, 0.3) is 0 Å². The van der Waals surface area contributed by atoms with Crippen LogP contribution in [-0.4, -0.2) is 43.8 Å². The van der Waals surface area contributed by atoms with E-state index in [4.69, 9.17) is 20.6 Å². The van der Waals surface area contributed by atoms with Crippen LogP contribution in [0.5, 0.6) is 0 Å². The minimum absolute atomic E-state index is 0.000644. The first-order chi connectivity index (χ1) is 9.77. The van der Waals surface area contributed by atoms with Gasteiger partial charge in [-0.25, -0.2) is 0 Å². The Bertz CT molecular complexity index is 364. The van der Waals surface area contributed by atoms with Crippen molar-refractivity contribution < 1.29 is 24.1 Å². The van der Waals surface area contributed by atoms with Crippen molar-refractivity contribution in [2.24, 2.45) is 11.3 Å². The molecule has 5 heteroatoms. The van der Waals surface area contributed by atoms with Gasteiger partial charge < -0.3 is 19.3 Å². The van der Waals surface area contributed by atoms with Gasteiger partial charge in [-0.2, -0.15) is 0 Å². The predicted molar refractivity (Wildman–Crippen MR) is 80.3 cm³/mol. The molecule has 0 heterocycles. The van der Waals surface area contributed by atoms with Gasteiger partial charge in [-0.15, -0.1) is 18.9 Å². The van der Waals surface area contributed by atoms with Crippen molar-refractivity contribution in [3.05, 3.63) is 12.7 Å². The van der Waals surface area contributed by atoms with E-state index in [1.54, 1.807) is 20.8 Å². The van der Waals surface area contributed by atoms with Crippen LogP contribution in [-0.2, 0) is 19.0 Å². The molecular weight excluding hydrogens is 272 g/mol. The zero-order valence-electron chi connectivity index (χ0n) is 13.3. The minimum Gasteiger partial charge on any atom is -0.465 e. The maximum Gasteiger partial charge on any atom is 0.311 e. The summed E-state index contributed by atoms with van der Waals surface area (Å²) in [4.78, 5) is 11.8. The lowest BCUT2D eigenvalue weighted by Crippen LogP contribution is -2.38. The molecule has 1 N–H and O–H groups in total. The average molecular weight is 298 g/mol. The van der Waals surface area contributed by atoms with Gasteiger partial charge >= 0.3 is 5.97 Å². The van der Waals surface area contributed by atoms with E-state index in [1.165, 1.54) is 13.2 Å². The highest BCUT2D eigenvalue weighted by molar-refractivity contribution is 5.75. The van der Waals surface area contributed by atoms with Gasteiger partial charge in [-0.3, -0.25) is 4.79 Å². The van der Waals surface area contributed by atoms with Crippen molar-refractivity contribution >= 4 is 5.97 Å². The molecule has 3 atom stereocenters. The fraction of sp³-hybridized carbons (Fsp3) is 0.688. The second-order valence-electron chi connectivity index (χ2n) is 5.76. The van der Waals surface area contributed by atoms with E-state index >= 15 is 0 Å². The third kappa shape index (κ3) is 7.28. The highest BCUT2D eigenvalue weighted by atomic mass is 16.7. The van der Waals surface area contributed by atoms with Crippen LogP contribution in [0.3, 0.4) is 0 Å². The molecule has 0 aliphatic heterocycles. The van der Waals surface area contributed by atoms with Gasteiger partial charge in [-0.05, 0) is 20.8 Å². The second-order valence-corrected chi connectivity index (χ2v) is 5.76. The van der Waals surface area contributed by atoms with Crippen molar-refractivity contribution in [1.82, 2.24) is 0 Å². The summed E-state index contributed by atoms with van der Waals surface area (Å²) in [6.45, 7) is 8.99. The first-order valence-corrected chi connectivity index (χ1v) is 6.79. The lowest BCUT2D eigenvalue weighted by atomic mass is 9.93. The molecule has 0 fully saturated rings. The van der Waals surface area contributed by atoms with Crippen molar-refractivity contribution in [2.45, 2.75) is 39.4 Å². The number of carbonyl (C=O) groups is 1. The van der Waals surface area contributed by atoms with Crippen LogP contribution >= 0.6 is 0 Å². The highest BCUT2D eigenvalue weighted by Crippen LogP contribution is 2.21. The Morgan fingerprint density at radius 3 is 2.52 bits per heavy atom. The molecule has 5 nitrogen and oxygen atoms in total. The van der Waals surface area contributed by atoms with E-state index in [9.17, 15) is 9.90 Å². The number of methoxy groups -OCH3 is 1. The van der Waals surface area contributed by atoms with Crippen molar-refractivity contribution in [2.75, 3.05) is 20.5 Å². The molecule has 0 aromatic rings. The summed E-state index contributed by atoms with van der Waals surface area (Å²) in [5.41, 5.74) is -0.612. The van der Waals surface area contributed by atoms with E-state index in [0.717, 1.165) is 0 Å². The predicted octanol–water partition coefficient (Wildman–Crippen LogP) is 1.75. The largest absolute Gasteiger partial charge is 0.465 e. The molecule has 0 aliphatic rings. The van der Waals surface area contributed by atoms with E-state index in [2.05, 4.69) is 12.5 Å². The van der Waals surface area contributed by atoms with Crippen LogP contribution in [0, 0.1) is 23.7 Å². The summed E-state index contributed by atoms with van der Waals surface area (Å²) in [6, 6.07) is 0. The van der Waals surface area contributed by atoms with Gasteiger partial charge in [0, 0.05) is 13.5 Å². The van der Waals surface area contributed by atoms with Gasteiger partial charge in [0.25, 0.3) is 0 Å². The Labute approximate surface area is 127 Å². The van der Waals surface area contributed by atoms with Crippen molar-refractivity contribution in [3.63, 3.8) is 0 Å². The summed E-state index contributed by atoms with van der Waals surface area (Å²) in [7, 11) is 1.49. The molecule has 0 aromatic heterocycles. The molecule has 0 saturated carbocycles. The van der Waals surface area contributed by atoms with E-state index < -0.39 is 23.5 Å². The summed E-state index contributed by atoms with van der Waals surface area (Å²) in [5, 5.41) is 10.1. The standard InChI is InChI=1S/C16H26O5/c1-7-9-13(17)12(14(8-2)21-11-19-6)10-20-15(18)16(3,4)5/h1,8,12-14,17H,2,9-11H2,3-6H3/t12-,13+,14+/m0/s1. The zero-order valence-corrected chi connectivity index (χ0v) is 13.3. The van der Waals surface area contributed by atoms with E-state index in [1.807, 2.05) is 0 Å². The second kappa shape index (κ2) is 9.56. The number of aliphatic hydroxyl groups excluding tert-OH is 1. The third-order valence-corrected chi connectivity index (χ3v) is 2.87. The van der Waals surface area contributed by atoms with Gasteiger partial charge in [-0.1, -0.05) is 6.08 Å². The Morgan fingerprint density at radius 2 is 2.10 bits per heavy atom. The quantitative estimate of drug-likeness (QED) is 0.304. The van der Waals surface area contributed by atoms with E-state index in [0.29, 0.717) is 0 Å². The van der Waals surface area contributed by atoms with E-state index in [-0.39, 0.29) is 25.8 Å². The molecule has 0 aliphatic carbocycles. The van der Waals surface area contributed by atoms with Crippen LogP contribution < -0.4 is 0 Å². The smallest absolute Gasteiger partial charge is 0.311 e. The van der Waals surface area contributed by atoms with Gasteiger partial charge in [0.1, 0.15) is 6.79 Å². The molecule has 0 bridgehead atoms. The topological polar surface area (TPSA) is 65.0 Å². The number of terminal acetylenes is 1. The van der Waals surface area contributed by atoms with Crippen LogP contribution in [0.1, 0.15) is 27.2 Å². The normalized spacial score (nSPS) is 15.6. The SMILES string of the molecule is C#CC[C@@H](O)[C@H](COC(=O)C(C)(C)C)[C@@H](C=C)OCOC. The van der Waals surface area contributed by atoms with Crippen molar-refractivity contribution in [1.29, 1.82) is 0 Å². The molecule has 0 radical (unpaired) electrons. The molecule has 0 amide bonds. The molecule has 120 valence electrons. The lowest BCUT2D eigenvalue weighted by Gasteiger charge is -2.28. The van der Waals surface area contributed by atoms with Crippen LogP contribution in [0.15, 0.2) is 12.7 Å². The zero-order chi connectivity index (χ0) is 16.5. The van der Waals surface area contributed by atoms with Gasteiger partial charge in [0.15, 0.2) is 0 Å². The monoisotopic (exact) mass is 298 g/mol. The summed E-state index contributed by atoms with van der Waals surface area (Å²) >= 11 is 0. The number of hydrogen-bond donors (Lipinski definition) is 1. The number of esters is 1. The maximum absolute atomic E-state index is 11.8. The first-order valence-electron chi connectivity index (χ1n) is 6.79. The number of aliphatic hydroxyl groups is 1. The fourth-order valence-corrected chi connectivity index (χ4v) is 1.60. The number of hydrogen-bond acceptors (Lipinski definition) is 5. The van der Waals surface area contributed by atoms with Crippen LogP contribution in [0.4, 0.5) is 0 Å². The molecule has 0 spiro atoms. The number of carbonyl (C=O) groups excluding carboxylic acids is 1. The van der Waals surface area contributed by atoms with Crippen LogP contribution in [0.2, 0.25) is 0 Å². The molecule has 0 rings (SSSR count). The maximum atomic E-state index is 11.8. The lowest BCUT2D eigenvalue weighted by molar-refractivity contribution is -0.159. The highest BCUT2D eigenvalue weighted by Gasteiger charge is 2.30. The summed E-state index contributed by atoms with van der Waals surface area (Å²) in [6.07, 6.45) is 5.51. The Balaban J connectivity index is 4.84. The number of ether oxygens (including phenoxy) is 3. The molecule has 0 aromatic carbocycles. The summed E-state index contributed by atoms with van der Waals surface area (Å²) < 4.78 is 15.5. The van der Waals surface area contributed by atoms with Gasteiger partial charge in [0.2, 0.25) is 0 Å². The molecule has 21 heavy (non-hydrogen) atoms. The Morgan fingerprint density at radius 1 is 1.48 bits per heavy atom. The molecule has 0 saturated heterocycles.